The molecule has 0 unspecified atom stereocenters. The number of hydrogen-bond acceptors (Lipinski definition) is 2. The average Bonchev–Trinajstić information content (AvgIpc) is 2.59. The Morgan fingerprint density at radius 3 is 1.92 bits per heavy atom. The first-order valence-corrected chi connectivity index (χ1v) is 4.62. The van der Waals surface area contributed by atoms with Gasteiger partial charge >= 0.3 is 0 Å². The predicted octanol–water partition coefficient (Wildman–Crippen LogP) is 1.27. The zero-order valence-corrected chi connectivity index (χ0v) is 8.73. The lowest BCUT2D eigenvalue weighted by Crippen LogP contribution is -2.46. The van der Waals surface area contributed by atoms with Crippen molar-refractivity contribution in [3.8, 4) is 0 Å². The van der Waals surface area contributed by atoms with Crippen molar-refractivity contribution in [2.75, 3.05) is 0 Å². The summed E-state index contributed by atoms with van der Waals surface area (Å²) in [5.74, 6) is -0.109. The predicted molar refractivity (Wildman–Crippen MR) is 50.2 cm³/mol. The van der Waals surface area contributed by atoms with Crippen LogP contribution in [0.5, 0.6) is 0 Å². The van der Waals surface area contributed by atoms with E-state index in [-0.39, 0.29) is 17.2 Å². The van der Waals surface area contributed by atoms with Crippen molar-refractivity contribution < 1.29 is 9.59 Å². The number of nitrogens with one attached hydrogen (secondary N) is 1. The number of Topliss-reactive ketones (excluding diaryl/α,β-unsaturated/α-hetero) is 1. The number of hydrogen-bond donors (Lipinski definition) is 1. The van der Waals surface area contributed by atoms with Crippen LogP contribution >= 0.6 is 0 Å². The smallest absolute Gasteiger partial charge is 0.234 e. The van der Waals surface area contributed by atoms with E-state index in [2.05, 4.69) is 5.32 Å². The van der Waals surface area contributed by atoms with Crippen LogP contribution in [0.4, 0.5) is 0 Å². The maximum absolute atomic E-state index is 11.7. The molecule has 0 aromatic carbocycles. The minimum atomic E-state index is -0.673. The van der Waals surface area contributed by atoms with Gasteiger partial charge in [-0.1, -0.05) is 0 Å². The first-order chi connectivity index (χ1) is 5.78. The van der Waals surface area contributed by atoms with Gasteiger partial charge in [0.1, 0.15) is 11.2 Å². The van der Waals surface area contributed by atoms with Crippen LogP contribution in [0.2, 0.25) is 0 Å². The summed E-state index contributed by atoms with van der Waals surface area (Å²) >= 11 is 0. The van der Waals surface area contributed by atoms with E-state index in [9.17, 15) is 9.59 Å². The lowest BCUT2D eigenvalue weighted by atomic mass is 9.99. The van der Waals surface area contributed by atoms with Crippen LogP contribution in [0.15, 0.2) is 0 Å². The summed E-state index contributed by atoms with van der Waals surface area (Å²) in [6, 6.07) is 0. The fraction of sp³-hybridized carbons (Fsp3) is 0.800. The normalized spacial score (nSPS) is 19.4. The van der Waals surface area contributed by atoms with Crippen molar-refractivity contribution in [2.45, 2.75) is 46.1 Å². The molecule has 13 heavy (non-hydrogen) atoms. The zero-order valence-electron chi connectivity index (χ0n) is 8.73. The lowest BCUT2D eigenvalue weighted by Gasteiger charge is -2.23. The molecule has 0 aromatic rings. The third-order valence-corrected chi connectivity index (χ3v) is 2.35. The second kappa shape index (κ2) is 2.82. The standard InChI is InChI=1S/C10H17NO2/c1-7(12)10(5-6-10)8(13)11-9(2,3)4/h5-6H2,1-4H3,(H,11,13). The summed E-state index contributed by atoms with van der Waals surface area (Å²) in [7, 11) is 0. The molecule has 3 heteroatoms. The number of amides is 1. The van der Waals surface area contributed by atoms with E-state index in [1.807, 2.05) is 20.8 Å². The Kier molecular flexibility index (Phi) is 2.22. The van der Waals surface area contributed by atoms with Gasteiger partial charge in [0.2, 0.25) is 5.91 Å². The Hall–Kier alpha value is -0.860. The zero-order chi connectivity index (χ0) is 10.3. The molecule has 1 N–H and O–H groups in total. The van der Waals surface area contributed by atoms with Crippen LogP contribution in [0, 0.1) is 5.41 Å². The number of rotatable bonds is 2. The fourth-order valence-corrected chi connectivity index (χ4v) is 1.32. The summed E-state index contributed by atoms with van der Waals surface area (Å²) in [4.78, 5) is 22.8. The van der Waals surface area contributed by atoms with Gasteiger partial charge < -0.3 is 5.32 Å². The molecule has 0 radical (unpaired) electrons. The molecule has 1 aliphatic rings. The summed E-state index contributed by atoms with van der Waals surface area (Å²) < 4.78 is 0. The van der Waals surface area contributed by atoms with E-state index < -0.39 is 5.41 Å². The highest BCUT2D eigenvalue weighted by molar-refractivity contribution is 6.08. The van der Waals surface area contributed by atoms with Crippen molar-refractivity contribution in [1.29, 1.82) is 0 Å². The molecular weight excluding hydrogens is 166 g/mol. The molecule has 1 saturated carbocycles. The average molecular weight is 183 g/mol. The van der Waals surface area contributed by atoms with E-state index in [1.54, 1.807) is 0 Å². The van der Waals surface area contributed by atoms with E-state index in [0.29, 0.717) is 12.8 Å². The van der Waals surface area contributed by atoms with E-state index >= 15 is 0 Å². The van der Waals surface area contributed by atoms with Gasteiger partial charge in [0, 0.05) is 5.54 Å². The summed E-state index contributed by atoms with van der Waals surface area (Å²) in [5, 5.41) is 2.84. The molecule has 0 spiro atoms. The SMILES string of the molecule is CC(=O)C1(C(=O)NC(C)(C)C)CC1. The fourth-order valence-electron chi connectivity index (χ4n) is 1.32. The summed E-state index contributed by atoms with van der Waals surface area (Å²) in [6.45, 7) is 7.25. The second-order valence-electron chi connectivity index (χ2n) is 4.84. The summed E-state index contributed by atoms with van der Waals surface area (Å²) in [5.41, 5.74) is -0.921. The van der Waals surface area contributed by atoms with Crippen molar-refractivity contribution in [1.82, 2.24) is 5.32 Å². The van der Waals surface area contributed by atoms with Gasteiger partial charge in [-0.2, -0.15) is 0 Å². The van der Waals surface area contributed by atoms with Crippen LogP contribution in [0.3, 0.4) is 0 Å². The van der Waals surface area contributed by atoms with Crippen LogP contribution < -0.4 is 5.32 Å². The summed E-state index contributed by atoms with van der Waals surface area (Å²) in [6.07, 6.45) is 1.43. The van der Waals surface area contributed by atoms with Crippen LogP contribution in [0.1, 0.15) is 40.5 Å². The van der Waals surface area contributed by atoms with E-state index in [4.69, 9.17) is 0 Å². The maximum Gasteiger partial charge on any atom is 0.234 e. The van der Waals surface area contributed by atoms with Gasteiger partial charge in [-0.3, -0.25) is 9.59 Å². The number of carbonyl (C=O) groups excluding carboxylic acids is 2. The highest BCUT2D eigenvalue weighted by Crippen LogP contribution is 2.46. The Bertz CT molecular complexity index is 246. The molecule has 0 heterocycles. The van der Waals surface area contributed by atoms with Crippen molar-refractivity contribution in [3.63, 3.8) is 0 Å². The second-order valence-corrected chi connectivity index (χ2v) is 4.84. The monoisotopic (exact) mass is 183 g/mol. The molecule has 1 rings (SSSR count). The molecule has 0 aromatic heterocycles. The van der Waals surface area contributed by atoms with Gasteiger partial charge in [-0.25, -0.2) is 0 Å². The van der Waals surface area contributed by atoms with E-state index in [0.717, 1.165) is 0 Å². The molecular formula is C10H17NO2. The van der Waals surface area contributed by atoms with Gasteiger partial charge in [0.25, 0.3) is 0 Å². The highest BCUT2D eigenvalue weighted by atomic mass is 16.2. The Labute approximate surface area is 78.9 Å². The molecule has 1 aliphatic carbocycles. The van der Waals surface area contributed by atoms with Gasteiger partial charge in [0.05, 0.1) is 0 Å². The van der Waals surface area contributed by atoms with Crippen LogP contribution in [-0.2, 0) is 9.59 Å². The minimum Gasteiger partial charge on any atom is -0.351 e. The quantitative estimate of drug-likeness (QED) is 0.655. The molecule has 0 bridgehead atoms. The van der Waals surface area contributed by atoms with Crippen LogP contribution in [0.25, 0.3) is 0 Å². The molecule has 1 amide bonds. The Morgan fingerprint density at radius 2 is 1.69 bits per heavy atom. The highest BCUT2D eigenvalue weighted by Gasteiger charge is 2.54. The molecule has 3 nitrogen and oxygen atoms in total. The third-order valence-electron chi connectivity index (χ3n) is 2.35. The number of carbonyl (C=O) groups is 2. The van der Waals surface area contributed by atoms with E-state index in [1.165, 1.54) is 6.92 Å². The molecule has 0 aliphatic heterocycles. The minimum absolute atomic E-state index is 0.00532. The van der Waals surface area contributed by atoms with Gasteiger partial charge in [-0.15, -0.1) is 0 Å². The molecule has 0 saturated heterocycles. The van der Waals surface area contributed by atoms with Gasteiger partial charge in [0.15, 0.2) is 0 Å². The Morgan fingerprint density at radius 1 is 1.23 bits per heavy atom. The molecule has 0 atom stereocenters. The van der Waals surface area contributed by atoms with Crippen molar-refractivity contribution in [3.05, 3.63) is 0 Å². The van der Waals surface area contributed by atoms with Gasteiger partial charge in [-0.05, 0) is 40.5 Å². The molecule has 74 valence electrons. The molecule has 1 fully saturated rings. The lowest BCUT2D eigenvalue weighted by molar-refractivity contribution is -0.135. The Balaban J connectivity index is 2.64. The number of ketones is 1. The largest absolute Gasteiger partial charge is 0.351 e. The van der Waals surface area contributed by atoms with Crippen LogP contribution in [-0.4, -0.2) is 17.2 Å². The first kappa shape index (κ1) is 10.2. The maximum atomic E-state index is 11.7. The topological polar surface area (TPSA) is 46.2 Å². The first-order valence-electron chi connectivity index (χ1n) is 4.62. The van der Waals surface area contributed by atoms with Crippen molar-refractivity contribution in [2.24, 2.45) is 5.41 Å². The van der Waals surface area contributed by atoms with Crippen molar-refractivity contribution >= 4 is 11.7 Å². The third kappa shape index (κ3) is 2.08.